The van der Waals surface area contributed by atoms with Crippen LogP contribution in [-0.4, -0.2) is 11.9 Å². The van der Waals surface area contributed by atoms with Crippen molar-refractivity contribution < 1.29 is 14.3 Å². The van der Waals surface area contributed by atoms with Gasteiger partial charge in [-0.15, -0.1) is 0 Å². The zero-order valence-corrected chi connectivity index (χ0v) is 8.22. The molecule has 0 saturated carbocycles. The monoisotopic (exact) mass is 182 g/mol. The van der Waals surface area contributed by atoms with Gasteiger partial charge in [0.25, 0.3) is 0 Å². The number of carbonyl (C=O) groups excluding carboxylic acids is 2. The predicted molar refractivity (Wildman–Crippen MR) is 50.0 cm³/mol. The van der Waals surface area contributed by atoms with Crippen molar-refractivity contribution in [2.75, 3.05) is 0 Å². The van der Waals surface area contributed by atoms with Crippen LogP contribution in [0.3, 0.4) is 0 Å². The van der Waals surface area contributed by atoms with E-state index in [2.05, 4.69) is 11.3 Å². The summed E-state index contributed by atoms with van der Waals surface area (Å²) < 4.78 is 4.51. The standard InChI is InChI=1S/C10H14O3/c1-5-7(3)9(11)13-10(12)8(4)6-2/h6H,3,5H2,1-2,4H3. The van der Waals surface area contributed by atoms with Crippen molar-refractivity contribution in [2.24, 2.45) is 0 Å². The molecule has 0 aliphatic heterocycles. The molecular weight excluding hydrogens is 168 g/mol. The third kappa shape index (κ3) is 3.69. The lowest BCUT2D eigenvalue weighted by atomic mass is 10.2. The lowest BCUT2D eigenvalue weighted by molar-refractivity contribution is -0.154. The van der Waals surface area contributed by atoms with E-state index in [1.807, 2.05) is 0 Å². The normalized spacial score (nSPS) is 10.8. The van der Waals surface area contributed by atoms with Gasteiger partial charge in [0.1, 0.15) is 0 Å². The molecule has 0 spiro atoms. The van der Waals surface area contributed by atoms with Crippen LogP contribution in [0, 0.1) is 0 Å². The van der Waals surface area contributed by atoms with E-state index in [-0.39, 0.29) is 0 Å². The SMILES string of the molecule is C=C(CC)C(=O)OC(=O)C(C)=CC. The van der Waals surface area contributed by atoms with Crippen molar-refractivity contribution in [2.45, 2.75) is 27.2 Å². The van der Waals surface area contributed by atoms with E-state index in [4.69, 9.17) is 0 Å². The molecule has 0 aromatic carbocycles. The molecule has 0 aromatic rings. The molecule has 0 heterocycles. The van der Waals surface area contributed by atoms with Crippen molar-refractivity contribution in [3.05, 3.63) is 23.8 Å². The fourth-order valence-electron chi connectivity index (χ4n) is 0.499. The molecular formula is C10H14O3. The summed E-state index contributed by atoms with van der Waals surface area (Å²) in [6.45, 7) is 8.53. The Morgan fingerprint density at radius 3 is 2.31 bits per heavy atom. The summed E-state index contributed by atoms with van der Waals surface area (Å²) >= 11 is 0. The quantitative estimate of drug-likeness (QED) is 0.381. The van der Waals surface area contributed by atoms with E-state index in [0.29, 0.717) is 17.6 Å². The summed E-state index contributed by atoms with van der Waals surface area (Å²) in [5.41, 5.74) is 0.717. The molecule has 0 aromatic heterocycles. The molecule has 0 aliphatic rings. The number of esters is 2. The van der Waals surface area contributed by atoms with Gasteiger partial charge in [-0.05, 0) is 20.3 Å². The van der Waals surface area contributed by atoms with Gasteiger partial charge in [-0.1, -0.05) is 19.6 Å². The summed E-state index contributed by atoms with van der Waals surface area (Å²) in [5.74, 6) is -1.25. The molecule has 0 N–H and O–H groups in total. The Morgan fingerprint density at radius 1 is 1.38 bits per heavy atom. The van der Waals surface area contributed by atoms with Crippen molar-refractivity contribution in [3.63, 3.8) is 0 Å². The molecule has 0 fully saturated rings. The molecule has 0 aliphatic carbocycles. The summed E-state index contributed by atoms with van der Waals surface area (Å²) in [5, 5.41) is 0. The minimum atomic E-state index is -0.645. The number of carbonyl (C=O) groups is 2. The summed E-state index contributed by atoms with van der Waals surface area (Å²) in [7, 11) is 0. The second-order valence-corrected chi connectivity index (χ2v) is 2.61. The van der Waals surface area contributed by atoms with Gasteiger partial charge in [0.15, 0.2) is 0 Å². The van der Waals surface area contributed by atoms with Gasteiger partial charge >= 0.3 is 11.9 Å². The van der Waals surface area contributed by atoms with Crippen LogP contribution < -0.4 is 0 Å². The molecule has 13 heavy (non-hydrogen) atoms. The zero-order chi connectivity index (χ0) is 10.4. The Labute approximate surface area is 78.1 Å². The summed E-state index contributed by atoms with van der Waals surface area (Å²) in [4.78, 5) is 22.1. The Kier molecular flexibility index (Phi) is 4.74. The number of rotatable bonds is 3. The van der Waals surface area contributed by atoms with E-state index in [0.717, 1.165) is 0 Å². The highest BCUT2D eigenvalue weighted by Crippen LogP contribution is 2.03. The minimum Gasteiger partial charge on any atom is -0.386 e. The van der Waals surface area contributed by atoms with Crippen LogP contribution in [0.25, 0.3) is 0 Å². The van der Waals surface area contributed by atoms with Gasteiger partial charge in [-0.3, -0.25) is 0 Å². The van der Waals surface area contributed by atoms with Crippen molar-refractivity contribution in [1.29, 1.82) is 0 Å². The molecule has 0 amide bonds. The zero-order valence-electron chi connectivity index (χ0n) is 8.22. The highest BCUT2D eigenvalue weighted by molar-refractivity contribution is 6.01. The minimum absolute atomic E-state index is 0.303. The van der Waals surface area contributed by atoms with Gasteiger partial charge in [0.2, 0.25) is 0 Å². The van der Waals surface area contributed by atoms with Gasteiger partial charge < -0.3 is 4.74 Å². The second kappa shape index (κ2) is 5.30. The largest absolute Gasteiger partial charge is 0.386 e. The molecule has 0 atom stereocenters. The van der Waals surface area contributed by atoms with Gasteiger partial charge in [0.05, 0.1) is 0 Å². The predicted octanol–water partition coefficient (Wildman–Crippen LogP) is 1.99. The maximum Gasteiger partial charge on any atom is 0.341 e. The first-order valence-corrected chi connectivity index (χ1v) is 4.10. The topological polar surface area (TPSA) is 43.4 Å². The number of hydrogen-bond donors (Lipinski definition) is 0. The average Bonchev–Trinajstić information content (AvgIpc) is 2.14. The number of allylic oxidation sites excluding steroid dienone is 1. The maximum atomic E-state index is 11.1. The van der Waals surface area contributed by atoms with E-state index < -0.39 is 11.9 Å². The molecule has 0 rings (SSSR count). The van der Waals surface area contributed by atoms with Crippen molar-refractivity contribution >= 4 is 11.9 Å². The first kappa shape index (κ1) is 11.6. The van der Waals surface area contributed by atoms with Gasteiger partial charge in [-0.25, -0.2) is 9.59 Å². The average molecular weight is 182 g/mol. The molecule has 3 nitrogen and oxygen atoms in total. The van der Waals surface area contributed by atoms with Crippen LogP contribution >= 0.6 is 0 Å². The molecule has 0 saturated heterocycles. The van der Waals surface area contributed by atoms with Gasteiger partial charge in [-0.2, -0.15) is 0 Å². The smallest absolute Gasteiger partial charge is 0.341 e. The Morgan fingerprint density at radius 2 is 1.92 bits per heavy atom. The molecule has 0 bridgehead atoms. The van der Waals surface area contributed by atoms with Crippen LogP contribution in [0.5, 0.6) is 0 Å². The van der Waals surface area contributed by atoms with E-state index >= 15 is 0 Å². The lowest BCUT2D eigenvalue weighted by Gasteiger charge is -2.02. The van der Waals surface area contributed by atoms with Gasteiger partial charge in [0, 0.05) is 11.1 Å². The van der Waals surface area contributed by atoms with Crippen LogP contribution in [0.2, 0.25) is 0 Å². The fourth-order valence-corrected chi connectivity index (χ4v) is 0.499. The highest BCUT2D eigenvalue weighted by Gasteiger charge is 2.13. The van der Waals surface area contributed by atoms with E-state index in [1.165, 1.54) is 0 Å². The molecule has 0 unspecified atom stereocenters. The van der Waals surface area contributed by atoms with Crippen LogP contribution in [-0.2, 0) is 14.3 Å². The first-order valence-electron chi connectivity index (χ1n) is 4.10. The molecule has 0 radical (unpaired) electrons. The molecule has 72 valence electrons. The Balaban J connectivity index is 4.23. The fraction of sp³-hybridized carbons (Fsp3) is 0.400. The van der Waals surface area contributed by atoms with E-state index in [9.17, 15) is 9.59 Å². The Hall–Kier alpha value is -1.38. The van der Waals surface area contributed by atoms with E-state index in [1.54, 1.807) is 26.8 Å². The summed E-state index contributed by atoms with van der Waals surface area (Å²) in [6.07, 6.45) is 2.07. The third-order valence-corrected chi connectivity index (χ3v) is 1.66. The third-order valence-electron chi connectivity index (χ3n) is 1.66. The maximum absolute atomic E-state index is 11.1. The number of ether oxygens (including phenoxy) is 1. The van der Waals surface area contributed by atoms with Crippen LogP contribution in [0.4, 0.5) is 0 Å². The highest BCUT2D eigenvalue weighted by atomic mass is 16.6. The Bertz CT molecular complexity index is 261. The van der Waals surface area contributed by atoms with Crippen LogP contribution in [0.15, 0.2) is 23.8 Å². The molecule has 3 heteroatoms. The second-order valence-electron chi connectivity index (χ2n) is 2.61. The summed E-state index contributed by atoms with van der Waals surface area (Å²) in [6, 6.07) is 0. The van der Waals surface area contributed by atoms with Crippen molar-refractivity contribution in [3.8, 4) is 0 Å². The first-order chi connectivity index (χ1) is 6.02. The van der Waals surface area contributed by atoms with Crippen molar-refractivity contribution in [1.82, 2.24) is 0 Å². The number of hydrogen-bond acceptors (Lipinski definition) is 3. The lowest BCUT2D eigenvalue weighted by Crippen LogP contribution is -2.14. The van der Waals surface area contributed by atoms with Crippen LogP contribution in [0.1, 0.15) is 27.2 Å².